The predicted octanol–water partition coefficient (Wildman–Crippen LogP) is 4.74. The van der Waals surface area contributed by atoms with Crippen LogP contribution < -0.4 is 5.43 Å². The van der Waals surface area contributed by atoms with Crippen molar-refractivity contribution in [1.29, 1.82) is 0 Å². The topological polar surface area (TPSA) is 41.5 Å². The number of amides is 1. The largest absolute Gasteiger partial charge is 0.273 e. The minimum absolute atomic E-state index is 0.0514. The van der Waals surface area contributed by atoms with Gasteiger partial charge in [-0.05, 0) is 54.4 Å². The first-order valence-corrected chi connectivity index (χ1v) is 9.50. The number of fused-ring (bicyclic) bond motifs is 1. The molecule has 134 valence electrons. The number of hydrogen-bond donors (Lipinski definition) is 1. The molecule has 2 aliphatic carbocycles. The van der Waals surface area contributed by atoms with Crippen molar-refractivity contribution in [2.45, 2.75) is 52.9 Å². The second-order valence-corrected chi connectivity index (χ2v) is 8.42. The number of nitrogens with zero attached hydrogens (tertiary/aromatic N) is 1. The third-order valence-electron chi connectivity index (χ3n) is 6.05. The lowest BCUT2D eigenvalue weighted by Gasteiger charge is -2.46. The van der Waals surface area contributed by atoms with Gasteiger partial charge in [0.25, 0.3) is 0 Å². The highest BCUT2D eigenvalue weighted by atomic mass is 16.2. The zero-order valence-corrected chi connectivity index (χ0v) is 15.7. The van der Waals surface area contributed by atoms with Gasteiger partial charge in [0.1, 0.15) is 0 Å². The van der Waals surface area contributed by atoms with Crippen LogP contribution in [0.25, 0.3) is 0 Å². The van der Waals surface area contributed by atoms with Crippen molar-refractivity contribution >= 4 is 12.1 Å². The van der Waals surface area contributed by atoms with E-state index in [9.17, 15) is 4.79 Å². The summed E-state index contributed by atoms with van der Waals surface area (Å²) in [4.78, 5) is 12.0. The third kappa shape index (κ3) is 4.39. The Morgan fingerprint density at radius 3 is 2.84 bits per heavy atom. The Balaban J connectivity index is 1.57. The Morgan fingerprint density at radius 1 is 1.32 bits per heavy atom. The molecule has 0 bridgehead atoms. The molecule has 1 fully saturated rings. The summed E-state index contributed by atoms with van der Waals surface area (Å²) in [5.74, 6) is 1.64. The van der Waals surface area contributed by atoms with Crippen LogP contribution >= 0.6 is 0 Å². The standard InChI is InChI=1S/C22H30N2O/c1-16-12-18-10-7-11-22(2,3)20(18)14-19(16)15-23-24-21(25)13-17-8-5-4-6-9-17/h4-6,8-10,15-16,19-20H,7,11-14H2,1-3H3,(H,24,25)/t16-,19-,20-/m1/s1. The molecule has 1 aromatic rings. The van der Waals surface area contributed by atoms with E-state index in [1.165, 1.54) is 19.3 Å². The van der Waals surface area contributed by atoms with Crippen LogP contribution in [0.15, 0.2) is 47.1 Å². The first-order valence-electron chi connectivity index (χ1n) is 9.50. The molecule has 1 amide bonds. The van der Waals surface area contributed by atoms with Crippen LogP contribution in [0.5, 0.6) is 0 Å². The smallest absolute Gasteiger partial charge is 0.244 e. The van der Waals surface area contributed by atoms with E-state index in [-0.39, 0.29) is 5.91 Å². The molecule has 0 aliphatic heterocycles. The molecule has 25 heavy (non-hydrogen) atoms. The van der Waals surface area contributed by atoms with E-state index >= 15 is 0 Å². The molecule has 1 aromatic carbocycles. The first kappa shape index (κ1) is 17.9. The van der Waals surface area contributed by atoms with E-state index in [0.717, 1.165) is 12.0 Å². The number of carbonyl (C=O) groups excluding carboxylic acids is 1. The van der Waals surface area contributed by atoms with Crippen molar-refractivity contribution in [1.82, 2.24) is 5.43 Å². The Labute approximate surface area is 151 Å². The Bertz CT molecular complexity index is 660. The summed E-state index contributed by atoms with van der Waals surface area (Å²) in [5, 5.41) is 4.28. The van der Waals surface area contributed by atoms with Crippen LogP contribution in [-0.4, -0.2) is 12.1 Å². The van der Waals surface area contributed by atoms with Gasteiger partial charge >= 0.3 is 0 Å². The fourth-order valence-electron chi connectivity index (χ4n) is 4.41. The number of benzene rings is 1. The van der Waals surface area contributed by atoms with Crippen molar-refractivity contribution in [2.24, 2.45) is 28.3 Å². The second-order valence-electron chi connectivity index (χ2n) is 8.42. The van der Waals surface area contributed by atoms with Gasteiger partial charge in [-0.1, -0.05) is 62.8 Å². The molecule has 1 saturated carbocycles. The molecule has 0 heterocycles. The Morgan fingerprint density at radius 2 is 2.08 bits per heavy atom. The normalized spacial score (nSPS) is 28.3. The van der Waals surface area contributed by atoms with Crippen molar-refractivity contribution in [3.8, 4) is 0 Å². The fraction of sp³-hybridized carbons (Fsp3) is 0.545. The van der Waals surface area contributed by atoms with Gasteiger partial charge in [-0.2, -0.15) is 5.10 Å². The Kier molecular flexibility index (Phi) is 5.41. The highest BCUT2D eigenvalue weighted by Gasteiger charge is 2.40. The van der Waals surface area contributed by atoms with Crippen LogP contribution in [0.1, 0.15) is 52.0 Å². The lowest BCUT2D eigenvalue weighted by atomic mass is 9.59. The summed E-state index contributed by atoms with van der Waals surface area (Å²) in [7, 11) is 0. The quantitative estimate of drug-likeness (QED) is 0.481. The number of rotatable bonds is 4. The summed E-state index contributed by atoms with van der Waals surface area (Å²) >= 11 is 0. The lowest BCUT2D eigenvalue weighted by Crippen LogP contribution is -2.37. The van der Waals surface area contributed by atoms with Crippen LogP contribution in [-0.2, 0) is 11.2 Å². The lowest BCUT2D eigenvalue weighted by molar-refractivity contribution is -0.120. The maximum absolute atomic E-state index is 12.0. The number of allylic oxidation sites excluding steroid dienone is 2. The molecule has 2 aliphatic rings. The molecule has 1 N–H and O–H groups in total. The molecule has 3 nitrogen and oxygen atoms in total. The summed E-state index contributed by atoms with van der Waals surface area (Å²) in [6, 6.07) is 9.79. The monoisotopic (exact) mass is 338 g/mol. The van der Waals surface area contributed by atoms with Gasteiger partial charge < -0.3 is 0 Å². The predicted molar refractivity (Wildman–Crippen MR) is 103 cm³/mol. The summed E-state index contributed by atoms with van der Waals surface area (Å²) in [6.45, 7) is 7.11. The van der Waals surface area contributed by atoms with Crippen LogP contribution in [0.3, 0.4) is 0 Å². The van der Waals surface area contributed by atoms with E-state index in [0.29, 0.717) is 29.6 Å². The summed E-state index contributed by atoms with van der Waals surface area (Å²) in [6.07, 6.45) is 9.64. The first-order chi connectivity index (χ1) is 12.0. The van der Waals surface area contributed by atoms with E-state index in [2.05, 4.69) is 37.4 Å². The molecule has 3 heteroatoms. The molecule has 0 unspecified atom stereocenters. The Hall–Kier alpha value is -1.90. The average Bonchev–Trinajstić information content (AvgIpc) is 2.56. The molecule has 3 rings (SSSR count). The van der Waals surface area contributed by atoms with Gasteiger partial charge in [-0.25, -0.2) is 5.43 Å². The summed E-state index contributed by atoms with van der Waals surface area (Å²) < 4.78 is 0. The number of hydrazone groups is 1. The minimum atomic E-state index is -0.0514. The molecule has 0 aromatic heterocycles. The van der Waals surface area contributed by atoms with E-state index in [1.807, 2.05) is 36.5 Å². The van der Waals surface area contributed by atoms with E-state index < -0.39 is 0 Å². The molecule has 3 atom stereocenters. The summed E-state index contributed by atoms with van der Waals surface area (Å²) in [5.41, 5.74) is 5.76. The van der Waals surface area contributed by atoms with Gasteiger partial charge in [0.15, 0.2) is 0 Å². The highest BCUT2D eigenvalue weighted by Crippen LogP contribution is 2.50. The molecule has 0 radical (unpaired) electrons. The van der Waals surface area contributed by atoms with Gasteiger partial charge in [0.2, 0.25) is 5.91 Å². The van der Waals surface area contributed by atoms with Crippen molar-refractivity contribution < 1.29 is 4.79 Å². The fourth-order valence-corrected chi connectivity index (χ4v) is 4.41. The average molecular weight is 338 g/mol. The maximum Gasteiger partial charge on any atom is 0.244 e. The maximum atomic E-state index is 12.0. The van der Waals surface area contributed by atoms with Crippen molar-refractivity contribution in [3.63, 3.8) is 0 Å². The minimum Gasteiger partial charge on any atom is -0.273 e. The van der Waals surface area contributed by atoms with Crippen LogP contribution in [0.4, 0.5) is 0 Å². The molecular weight excluding hydrogens is 308 g/mol. The van der Waals surface area contributed by atoms with Crippen LogP contribution in [0, 0.1) is 23.2 Å². The third-order valence-corrected chi connectivity index (χ3v) is 6.05. The van der Waals surface area contributed by atoms with Gasteiger partial charge in [0.05, 0.1) is 6.42 Å². The number of carbonyl (C=O) groups is 1. The SMILES string of the molecule is C[C@@H]1CC2=CCCC(C)(C)[C@@H]2C[C@@H]1C=NNC(=O)Cc1ccccc1. The number of hydrogen-bond acceptors (Lipinski definition) is 2. The highest BCUT2D eigenvalue weighted by molar-refractivity contribution is 5.79. The number of nitrogens with one attached hydrogen (secondary N) is 1. The zero-order valence-electron chi connectivity index (χ0n) is 15.7. The van der Waals surface area contributed by atoms with Gasteiger partial charge in [-0.15, -0.1) is 0 Å². The van der Waals surface area contributed by atoms with E-state index in [4.69, 9.17) is 0 Å². The van der Waals surface area contributed by atoms with Crippen molar-refractivity contribution in [2.75, 3.05) is 0 Å². The van der Waals surface area contributed by atoms with Gasteiger partial charge in [-0.3, -0.25) is 4.79 Å². The molecule has 0 saturated heterocycles. The second kappa shape index (κ2) is 7.55. The zero-order chi connectivity index (χ0) is 17.9. The van der Waals surface area contributed by atoms with E-state index in [1.54, 1.807) is 5.57 Å². The molecular formula is C22H30N2O. The van der Waals surface area contributed by atoms with Crippen LogP contribution in [0.2, 0.25) is 0 Å². The van der Waals surface area contributed by atoms with Gasteiger partial charge in [0, 0.05) is 6.21 Å². The van der Waals surface area contributed by atoms with Crippen molar-refractivity contribution in [3.05, 3.63) is 47.5 Å². The molecule has 0 spiro atoms.